The molecule has 9 heteroatoms. The number of pyridine rings is 1. The number of carbonyl (C=O) groups excluding carboxylic acids is 1. The first-order valence-corrected chi connectivity index (χ1v) is 8.26. The van der Waals surface area contributed by atoms with Crippen LogP contribution in [-0.2, 0) is 10.0 Å². The summed E-state index contributed by atoms with van der Waals surface area (Å²) in [5, 5.41) is 2.61. The number of benzene rings is 1. The maximum absolute atomic E-state index is 12.2. The van der Waals surface area contributed by atoms with Crippen molar-refractivity contribution >= 4 is 33.2 Å². The molecule has 2 aromatic rings. The first-order chi connectivity index (χ1) is 10.7. The Morgan fingerprint density at radius 2 is 1.91 bits per heavy atom. The number of aromatic nitrogens is 1. The molecule has 23 heavy (non-hydrogen) atoms. The summed E-state index contributed by atoms with van der Waals surface area (Å²) in [6.45, 7) is 0. The van der Waals surface area contributed by atoms with E-state index in [0.717, 1.165) is 4.31 Å². The number of nitrogens with one attached hydrogen (secondary N) is 2. The van der Waals surface area contributed by atoms with Gasteiger partial charge < -0.3 is 10.3 Å². The summed E-state index contributed by atoms with van der Waals surface area (Å²) in [7, 11) is -0.961. The lowest BCUT2D eigenvalue weighted by Crippen LogP contribution is -2.23. The van der Waals surface area contributed by atoms with Gasteiger partial charge in [0.05, 0.1) is 10.6 Å². The van der Waals surface area contributed by atoms with Crippen LogP contribution >= 0.6 is 11.6 Å². The molecule has 0 saturated carbocycles. The lowest BCUT2D eigenvalue weighted by molar-refractivity contribution is 0.102. The number of sulfonamides is 1. The Bertz CT molecular complexity index is 886. The van der Waals surface area contributed by atoms with E-state index in [0.29, 0.717) is 0 Å². The van der Waals surface area contributed by atoms with E-state index in [1.807, 2.05) is 0 Å². The number of nitrogens with zero attached hydrogens (tertiary/aromatic N) is 1. The first kappa shape index (κ1) is 17.2. The summed E-state index contributed by atoms with van der Waals surface area (Å²) >= 11 is 5.94. The van der Waals surface area contributed by atoms with E-state index in [1.165, 1.54) is 50.6 Å². The van der Waals surface area contributed by atoms with Crippen molar-refractivity contribution < 1.29 is 13.2 Å². The molecule has 1 aromatic heterocycles. The van der Waals surface area contributed by atoms with Crippen molar-refractivity contribution in [1.82, 2.24) is 9.29 Å². The predicted molar refractivity (Wildman–Crippen MR) is 87.3 cm³/mol. The second-order valence-corrected chi connectivity index (χ2v) is 7.36. The Morgan fingerprint density at radius 1 is 1.22 bits per heavy atom. The number of halogens is 1. The Kier molecular flexibility index (Phi) is 4.88. The largest absolute Gasteiger partial charge is 0.328 e. The van der Waals surface area contributed by atoms with E-state index in [9.17, 15) is 18.0 Å². The molecule has 1 aromatic carbocycles. The Balaban J connectivity index is 2.33. The number of hydrogen-bond donors (Lipinski definition) is 2. The number of amides is 1. The number of rotatable bonds is 4. The normalized spacial score (nSPS) is 11.5. The molecule has 122 valence electrons. The van der Waals surface area contributed by atoms with Crippen LogP contribution in [0, 0.1) is 0 Å². The van der Waals surface area contributed by atoms with Crippen LogP contribution in [-0.4, -0.2) is 37.7 Å². The van der Waals surface area contributed by atoms with E-state index >= 15 is 0 Å². The van der Waals surface area contributed by atoms with Gasteiger partial charge in [-0.1, -0.05) is 11.6 Å². The van der Waals surface area contributed by atoms with Gasteiger partial charge in [0.2, 0.25) is 15.6 Å². The lowest BCUT2D eigenvalue weighted by atomic mass is 10.2. The zero-order chi connectivity index (χ0) is 17.2. The molecule has 0 radical (unpaired) electrons. The van der Waals surface area contributed by atoms with Crippen LogP contribution in [0.15, 0.2) is 46.2 Å². The van der Waals surface area contributed by atoms with Crippen molar-refractivity contribution in [2.75, 3.05) is 19.4 Å². The van der Waals surface area contributed by atoms with Crippen molar-refractivity contribution in [2.24, 2.45) is 0 Å². The molecule has 0 spiro atoms. The fraction of sp³-hybridized carbons (Fsp3) is 0.143. The number of anilines is 1. The van der Waals surface area contributed by atoms with Crippen molar-refractivity contribution in [3.05, 3.63) is 57.5 Å². The highest BCUT2D eigenvalue weighted by Gasteiger charge is 2.21. The summed E-state index contributed by atoms with van der Waals surface area (Å²) < 4.78 is 25.4. The summed E-state index contributed by atoms with van der Waals surface area (Å²) in [5.41, 5.74) is 0.176. The molecule has 0 aliphatic carbocycles. The Hall–Kier alpha value is -2.16. The molecule has 0 bridgehead atoms. The van der Waals surface area contributed by atoms with E-state index in [-0.39, 0.29) is 26.7 Å². The minimum Gasteiger partial charge on any atom is -0.328 e. The number of H-pyrrole nitrogens is 1. The third-order valence-corrected chi connectivity index (χ3v) is 5.29. The quantitative estimate of drug-likeness (QED) is 0.868. The van der Waals surface area contributed by atoms with E-state index in [1.54, 1.807) is 0 Å². The molecule has 0 unspecified atom stereocenters. The average Bonchev–Trinajstić information content (AvgIpc) is 2.49. The molecule has 2 N–H and O–H groups in total. The average molecular weight is 356 g/mol. The molecule has 7 nitrogen and oxygen atoms in total. The summed E-state index contributed by atoms with van der Waals surface area (Å²) in [5.74, 6) is -0.489. The predicted octanol–water partition coefficient (Wildman–Crippen LogP) is 1.53. The van der Waals surface area contributed by atoms with Gasteiger partial charge in [0.15, 0.2) is 0 Å². The summed E-state index contributed by atoms with van der Waals surface area (Å²) in [6.07, 6.45) is 1.27. The number of carbonyl (C=O) groups is 1. The summed E-state index contributed by atoms with van der Waals surface area (Å²) in [4.78, 5) is 25.3. The van der Waals surface area contributed by atoms with Gasteiger partial charge in [-0.05, 0) is 24.3 Å². The van der Waals surface area contributed by atoms with Crippen LogP contribution in [0.3, 0.4) is 0 Å². The van der Waals surface area contributed by atoms with Crippen LogP contribution in [0.1, 0.15) is 10.4 Å². The molecule has 0 aliphatic heterocycles. The summed E-state index contributed by atoms with van der Waals surface area (Å²) in [6, 6.07) is 6.74. The third kappa shape index (κ3) is 3.79. The first-order valence-electron chi connectivity index (χ1n) is 6.44. The van der Waals surface area contributed by atoms with Crippen LogP contribution < -0.4 is 10.9 Å². The molecule has 0 saturated heterocycles. The fourth-order valence-corrected chi connectivity index (χ4v) is 3.12. The maximum Gasteiger partial charge on any atom is 0.257 e. The number of hydrogen-bond acceptors (Lipinski definition) is 4. The van der Waals surface area contributed by atoms with Gasteiger partial charge >= 0.3 is 0 Å². The fourth-order valence-electron chi connectivity index (χ4n) is 1.73. The van der Waals surface area contributed by atoms with Crippen LogP contribution in [0.5, 0.6) is 0 Å². The minimum atomic E-state index is -3.73. The van der Waals surface area contributed by atoms with Gasteiger partial charge in [0.1, 0.15) is 4.90 Å². The van der Waals surface area contributed by atoms with Crippen molar-refractivity contribution in [3.8, 4) is 0 Å². The van der Waals surface area contributed by atoms with Crippen molar-refractivity contribution in [1.29, 1.82) is 0 Å². The lowest BCUT2D eigenvalue weighted by Gasteiger charge is -2.14. The molecular weight excluding hydrogens is 342 g/mol. The van der Waals surface area contributed by atoms with E-state index < -0.39 is 15.9 Å². The second-order valence-electron chi connectivity index (χ2n) is 4.83. The molecule has 0 fully saturated rings. The van der Waals surface area contributed by atoms with Gasteiger partial charge in [-0.2, -0.15) is 0 Å². The maximum atomic E-state index is 12.2. The zero-order valence-corrected chi connectivity index (χ0v) is 13.9. The van der Waals surface area contributed by atoms with Crippen LogP contribution in [0.4, 0.5) is 5.69 Å². The molecule has 0 aliphatic rings. The second kappa shape index (κ2) is 6.53. The highest BCUT2D eigenvalue weighted by atomic mass is 35.5. The van der Waals surface area contributed by atoms with E-state index in [4.69, 9.17) is 11.6 Å². The van der Waals surface area contributed by atoms with Crippen molar-refractivity contribution in [2.45, 2.75) is 4.90 Å². The monoisotopic (exact) mass is 355 g/mol. The van der Waals surface area contributed by atoms with Gasteiger partial charge in [-0.15, -0.1) is 0 Å². The van der Waals surface area contributed by atoms with E-state index in [2.05, 4.69) is 10.3 Å². The van der Waals surface area contributed by atoms with Gasteiger partial charge in [0, 0.05) is 32.0 Å². The SMILES string of the molecule is CN(C)S(=O)(=O)c1cc(NC(=O)c2ccc(=O)[nH]c2)ccc1Cl. The Labute approximate surface area is 137 Å². The highest BCUT2D eigenvalue weighted by molar-refractivity contribution is 7.89. The topological polar surface area (TPSA) is 99.3 Å². The Morgan fingerprint density at radius 3 is 2.48 bits per heavy atom. The van der Waals surface area contributed by atoms with Gasteiger partial charge in [-0.3, -0.25) is 9.59 Å². The zero-order valence-electron chi connectivity index (χ0n) is 12.3. The van der Waals surface area contributed by atoms with Crippen LogP contribution in [0.2, 0.25) is 5.02 Å². The number of aromatic amines is 1. The minimum absolute atomic E-state index is 0.0562. The molecule has 1 heterocycles. The van der Waals surface area contributed by atoms with Crippen LogP contribution in [0.25, 0.3) is 0 Å². The smallest absolute Gasteiger partial charge is 0.257 e. The molecular formula is C14H14ClN3O4S. The van der Waals surface area contributed by atoms with Gasteiger partial charge in [0.25, 0.3) is 5.91 Å². The molecule has 0 atom stereocenters. The molecule has 2 rings (SSSR count). The highest BCUT2D eigenvalue weighted by Crippen LogP contribution is 2.27. The standard InChI is InChI=1S/C14H14ClN3O4S/c1-18(2)23(21,22)12-7-10(4-5-11(12)15)17-14(20)9-3-6-13(19)16-8-9/h3-8H,1-2H3,(H,16,19)(H,17,20). The third-order valence-electron chi connectivity index (χ3n) is 2.99. The molecule has 1 amide bonds. The van der Waals surface area contributed by atoms with Gasteiger partial charge in [-0.25, -0.2) is 12.7 Å². The van der Waals surface area contributed by atoms with Crippen molar-refractivity contribution in [3.63, 3.8) is 0 Å².